The number of azo groups is 1. The average Bonchev–Trinajstić information content (AvgIpc) is 2.30. The third-order valence-corrected chi connectivity index (χ3v) is 1.11. The monoisotopic (exact) mass is 138 g/mol. The highest BCUT2D eigenvalue weighted by Gasteiger charge is 2.20. The Morgan fingerprint density at radius 1 is 1.80 bits per heavy atom. The van der Waals surface area contributed by atoms with Crippen molar-refractivity contribution in [1.82, 2.24) is 0 Å². The van der Waals surface area contributed by atoms with E-state index in [4.69, 9.17) is 15.7 Å². The summed E-state index contributed by atoms with van der Waals surface area (Å²) in [5.74, 6) is 0.218. The van der Waals surface area contributed by atoms with Crippen LogP contribution in [0.4, 0.5) is 0 Å². The van der Waals surface area contributed by atoms with Gasteiger partial charge in [-0.3, -0.25) is 0 Å². The van der Waals surface area contributed by atoms with E-state index < -0.39 is 6.17 Å². The van der Waals surface area contributed by atoms with E-state index in [0.29, 0.717) is 0 Å². The van der Waals surface area contributed by atoms with Gasteiger partial charge in [0.05, 0.1) is 7.11 Å². The quantitative estimate of drug-likeness (QED) is 0.558. The number of rotatable bonds is 1. The first-order valence-corrected chi connectivity index (χ1v) is 2.64. The summed E-state index contributed by atoms with van der Waals surface area (Å²) in [4.78, 5) is 0. The molecule has 1 aliphatic rings. The lowest BCUT2D eigenvalue weighted by atomic mass is 10.3. The van der Waals surface area contributed by atoms with E-state index in [1.54, 1.807) is 0 Å². The molecular formula is C5H6N4O. The predicted octanol–water partition coefficient (Wildman–Crippen LogP) is 0.119. The summed E-state index contributed by atoms with van der Waals surface area (Å²) in [7, 11) is 1.42. The maximum atomic E-state index is 8.45. The normalized spacial score (nSPS) is 23.1. The van der Waals surface area contributed by atoms with Gasteiger partial charge >= 0.3 is 0 Å². The Bertz CT molecular complexity index is 237. The molecule has 0 amide bonds. The van der Waals surface area contributed by atoms with Gasteiger partial charge in [0.15, 0.2) is 6.17 Å². The van der Waals surface area contributed by atoms with Gasteiger partial charge in [-0.05, 0) is 0 Å². The number of nitrogens with two attached hydrogens (primary N) is 1. The van der Waals surface area contributed by atoms with Crippen LogP contribution in [0.15, 0.2) is 21.7 Å². The number of ether oxygens (including phenoxy) is 1. The minimum absolute atomic E-state index is 0.218. The molecule has 10 heavy (non-hydrogen) atoms. The van der Waals surface area contributed by atoms with Crippen LogP contribution in [0.2, 0.25) is 0 Å². The molecule has 0 bridgehead atoms. The van der Waals surface area contributed by atoms with Crippen LogP contribution in [0.3, 0.4) is 0 Å². The highest BCUT2D eigenvalue weighted by molar-refractivity contribution is 5.30. The second-order valence-electron chi connectivity index (χ2n) is 1.70. The Balaban J connectivity index is 2.93. The van der Waals surface area contributed by atoms with Crippen molar-refractivity contribution in [3.63, 3.8) is 0 Å². The molecule has 0 aliphatic carbocycles. The summed E-state index contributed by atoms with van der Waals surface area (Å²) in [6.45, 7) is 0. The Morgan fingerprint density at radius 2 is 2.50 bits per heavy atom. The predicted molar refractivity (Wildman–Crippen MR) is 32.5 cm³/mol. The molecule has 0 unspecified atom stereocenters. The molecule has 1 aliphatic heterocycles. The van der Waals surface area contributed by atoms with E-state index >= 15 is 0 Å². The van der Waals surface area contributed by atoms with Crippen LogP contribution in [0.5, 0.6) is 0 Å². The van der Waals surface area contributed by atoms with Crippen molar-refractivity contribution in [3.8, 4) is 6.07 Å². The Labute approximate surface area is 57.8 Å². The molecule has 0 saturated carbocycles. The van der Waals surface area contributed by atoms with Crippen LogP contribution in [0.25, 0.3) is 0 Å². The van der Waals surface area contributed by atoms with E-state index in [0.717, 1.165) is 0 Å². The summed E-state index contributed by atoms with van der Waals surface area (Å²) in [6.07, 6.45) is -0.639. The standard InChI is InChI=1S/C5H6N4O/c1-10-5-3(2-6)4(7)8-9-5/h4H,7H2,1H3/t4-/m0/s1. The van der Waals surface area contributed by atoms with E-state index in [9.17, 15) is 0 Å². The van der Waals surface area contributed by atoms with Crippen LogP contribution in [-0.2, 0) is 4.74 Å². The molecule has 0 radical (unpaired) electrons. The molecular weight excluding hydrogens is 132 g/mol. The van der Waals surface area contributed by atoms with Gasteiger partial charge in [-0.25, -0.2) is 0 Å². The first kappa shape index (κ1) is 6.71. The maximum Gasteiger partial charge on any atom is 0.250 e. The van der Waals surface area contributed by atoms with E-state index in [1.807, 2.05) is 6.07 Å². The van der Waals surface area contributed by atoms with Crippen molar-refractivity contribution in [2.75, 3.05) is 7.11 Å². The lowest BCUT2D eigenvalue weighted by molar-refractivity contribution is 0.285. The van der Waals surface area contributed by atoms with Crippen molar-refractivity contribution < 1.29 is 4.74 Å². The van der Waals surface area contributed by atoms with Crippen LogP contribution in [0, 0.1) is 11.3 Å². The Kier molecular flexibility index (Phi) is 1.65. The molecule has 1 rings (SSSR count). The van der Waals surface area contributed by atoms with Crippen LogP contribution in [-0.4, -0.2) is 13.3 Å². The highest BCUT2D eigenvalue weighted by Crippen LogP contribution is 2.17. The summed E-state index contributed by atoms with van der Waals surface area (Å²) in [5.41, 5.74) is 5.61. The number of nitriles is 1. The molecule has 1 atom stereocenters. The fourth-order valence-corrected chi connectivity index (χ4v) is 0.617. The number of hydrogen-bond donors (Lipinski definition) is 1. The molecule has 0 saturated heterocycles. The molecule has 2 N–H and O–H groups in total. The molecule has 0 aromatic carbocycles. The minimum Gasteiger partial charge on any atom is -0.479 e. The van der Waals surface area contributed by atoms with Crippen LogP contribution < -0.4 is 5.73 Å². The lowest BCUT2D eigenvalue weighted by Gasteiger charge is -1.95. The van der Waals surface area contributed by atoms with Crippen molar-refractivity contribution in [2.24, 2.45) is 16.0 Å². The van der Waals surface area contributed by atoms with E-state index in [-0.39, 0.29) is 11.5 Å². The van der Waals surface area contributed by atoms with Crippen molar-refractivity contribution in [1.29, 1.82) is 5.26 Å². The fourth-order valence-electron chi connectivity index (χ4n) is 0.617. The van der Waals surface area contributed by atoms with Crippen LogP contribution in [0.1, 0.15) is 0 Å². The third-order valence-electron chi connectivity index (χ3n) is 1.11. The molecule has 0 aromatic heterocycles. The lowest BCUT2D eigenvalue weighted by Crippen LogP contribution is -2.16. The summed E-state index contributed by atoms with van der Waals surface area (Å²) < 4.78 is 4.70. The van der Waals surface area contributed by atoms with Gasteiger partial charge < -0.3 is 10.5 Å². The largest absolute Gasteiger partial charge is 0.479 e. The molecule has 5 heteroatoms. The molecule has 1 heterocycles. The van der Waals surface area contributed by atoms with Gasteiger partial charge in [-0.2, -0.15) is 10.4 Å². The van der Waals surface area contributed by atoms with Crippen molar-refractivity contribution in [2.45, 2.75) is 6.17 Å². The smallest absolute Gasteiger partial charge is 0.250 e. The SMILES string of the molecule is COC1=C(C#N)[C@@H](N)N=N1. The molecule has 0 fully saturated rings. The minimum atomic E-state index is -0.639. The fraction of sp³-hybridized carbons (Fsp3) is 0.400. The first-order valence-electron chi connectivity index (χ1n) is 2.64. The molecule has 0 spiro atoms. The van der Waals surface area contributed by atoms with Gasteiger partial charge in [0.25, 0.3) is 0 Å². The van der Waals surface area contributed by atoms with Gasteiger partial charge in [0.1, 0.15) is 11.6 Å². The van der Waals surface area contributed by atoms with Crippen LogP contribution >= 0.6 is 0 Å². The second-order valence-corrected chi connectivity index (χ2v) is 1.70. The zero-order valence-electron chi connectivity index (χ0n) is 5.40. The van der Waals surface area contributed by atoms with E-state index in [1.165, 1.54) is 7.11 Å². The zero-order valence-corrected chi connectivity index (χ0v) is 5.40. The molecule has 5 nitrogen and oxygen atoms in total. The van der Waals surface area contributed by atoms with Gasteiger partial charge in [0.2, 0.25) is 5.88 Å². The Morgan fingerprint density at radius 3 is 2.90 bits per heavy atom. The van der Waals surface area contributed by atoms with Gasteiger partial charge in [-0.1, -0.05) is 0 Å². The maximum absolute atomic E-state index is 8.45. The second kappa shape index (κ2) is 2.45. The number of methoxy groups -OCH3 is 1. The Hall–Kier alpha value is -1.41. The van der Waals surface area contributed by atoms with Gasteiger partial charge in [0, 0.05) is 0 Å². The average molecular weight is 138 g/mol. The molecule has 52 valence electrons. The summed E-state index contributed by atoms with van der Waals surface area (Å²) in [6, 6.07) is 1.86. The topological polar surface area (TPSA) is 83.8 Å². The van der Waals surface area contributed by atoms with Crippen molar-refractivity contribution >= 4 is 0 Å². The van der Waals surface area contributed by atoms with Crippen molar-refractivity contribution in [3.05, 3.63) is 11.5 Å². The third kappa shape index (κ3) is 0.847. The summed E-state index contributed by atoms with van der Waals surface area (Å²) in [5, 5.41) is 15.5. The van der Waals surface area contributed by atoms with Gasteiger partial charge in [-0.15, -0.1) is 5.11 Å². The van der Waals surface area contributed by atoms with E-state index in [2.05, 4.69) is 10.2 Å². The first-order chi connectivity index (χ1) is 4.79. The summed E-state index contributed by atoms with van der Waals surface area (Å²) >= 11 is 0. The number of hydrogen-bond acceptors (Lipinski definition) is 5. The zero-order chi connectivity index (χ0) is 7.56. The number of nitrogens with zero attached hydrogens (tertiary/aromatic N) is 3. The molecule has 0 aromatic rings. The highest BCUT2D eigenvalue weighted by atomic mass is 16.5.